The van der Waals surface area contributed by atoms with Gasteiger partial charge >= 0.3 is 51.7 Å². The van der Waals surface area contributed by atoms with Gasteiger partial charge in [-0.2, -0.15) is 49.2 Å². The van der Waals surface area contributed by atoms with Crippen LogP contribution in [0.15, 0.2) is 60.7 Å². The first-order valence-corrected chi connectivity index (χ1v) is 5.75. The Kier molecular flexibility index (Phi) is 130. The van der Waals surface area contributed by atoms with Gasteiger partial charge in [-0.15, -0.1) is 0 Å². The minimum atomic E-state index is 0. The minimum Gasteiger partial charge on any atom is -0.358 e. The van der Waals surface area contributed by atoms with E-state index in [-0.39, 0.29) is 81.4 Å². The van der Waals surface area contributed by atoms with E-state index in [2.05, 4.69) is 13.8 Å². The minimum absolute atomic E-state index is 0. The summed E-state index contributed by atoms with van der Waals surface area (Å²) in [4.78, 5) is 0. The summed E-state index contributed by atoms with van der Waals surface area (Å²) in [5.74, 6) is 0. The summed E-state index contributed by atoms with van der Waals surface area (Å²) >= 11 is 0. The molecule has 0 radical (unpaired) electrons. The third-order valence-corrected chi connectivity index (χ3v) is 1.11. The quantitative estimate of drug-likeness (QED) is 0.215. The van der Waals surface area contributed by atoms with Gasteiger partial charge < -0.3 is 43.6 Å². The second kappa shape index (κ2) is 57.9. The van der Waals surface area contributed by atoms with Crippen LogP contribution in [0.3, 0.4) is 0 Å². The molecule has 0 atom stereocenters. The van der Waals surface area contributed by atoms with Crippen LogP contribution in [0.5, 0.6) is 0 Å². The van der Waals surface area contributed by atoms with Crippen molar-refractivity contribution in [2.24, 2.45) is 0 Å². The summed E-state index contributed by atoms with van der Waals surface area (Å²) in [7, 11) is 0. The fourth-order valence-corrected chi connectivity index (χ4v) is 0.642. The van der Waals surface area contributed by atoms with Crippen LogP contribution < -0.4 is 0 Å². The third-order valence-electron chi connectivity index (χ3n) is 1.11. The van der Waals surface area contributed by atoms with Crippen molar-refractivity contribution in [2.45, 2.75) is 26.7 Å². The summed E-state index contributed by atoms with van der Waals surface area (Å²) in [5.41, 5.74) is 0. The van der Waals surface area contributed by atoms with E-state index in [9.17, 15) is 0 Å². The van der Waals surface area contributed by atoms with Crippen LogP contribution in [0.4, 0.5) is 0 Å². The molecule has 0 saturated carbocycles. The predicted molar refractivity (Wildman–Crippen MR) is 101 cm³/mol. The topological polar surface area (TPSA) is 0 Å². The summed E-state index contributed by atoms with van der Waals surface area (Å²) in [6.07, 6.45) is 2.00. The van der Waals surface area contributed by atoms with Crippen LogP contribution in [-0.2, 0) is 51.7 Å². The van der Waals surface area contributed by atoms with Gasteiger partial charge in [-0.25, -0.2) is 24.3 Å². The molecule has 22 heavy (non-hydrogen) atoms. The van der Waals surface area contributed by atoms with Gasteiger partial charge in [-0.05, 0) is 0 Å². The maximum absolute atomic E-state index is 3.49. The van der Waals surface area contributed by atoms with Gasteiger partial charge in [0.1, 0.15) is 0 Å². The molecule has 0 N–H and O–H groups in total. The molecule has 0 aliphatic carbocycles. The molecule has 2 rings (SSSR count). The first-order valence-electron chi connectivity index (χ1n) is 5.75. The van der Waals surface area contributed by atoms with E-state index in [1.165, 1.54) is 0 Å². The summed E-state index contributed by atoms with van der Waals surface area (Å²) in [6.45, 7) is 11.0. The van der Waals surface area contributed by atoms with Crippen LogP contribution in [0.1, 0.15) is 26.7 Å². The first kappa shape index (κ1) is 49.5. The Hall–Kier alpha value is 0.440. The maximum Gasteiger partial charge on any atom is 4.00 e. The van der Waals surface area contributed by atoms with E-state index in [0.29, 0.717) is 0 Å². The molecule has 0 aromatic heterocycles. The molecular weight excluding hydrogens is 597 g/mol. The first-order chi connectivity index (χ1) is 7.83. The standard InChI is InChI=1S/2C5H5.2C3H7.4CH3.2Hf/c2*1-2-4-5-3-1;2*1-3-2;;;;;;/h2*1-5H;2*1,3H2,2H3;4*1H3;;/q8*-1;2*+4. The van der Waals surface area contributed by atoms with Gasteiger partial charge in [-0.3, -0.25) is 0 Å². The largest absolute Gasteiger partial charge is 4.00 e. The van der Waals surface area contributed by atoms with Crippen molar-refractivity contribution in [3.63, 3.8) is 0 Å². The molecule has 0 bridgehead atoms. The van der Waals surface area contributed by atoms with E-state index >= 15 is 0 Å². The molecule has 0 unspecified atom stereocenters. The molecule has 0 aliphatic rings. The Morgan fingerprint density at radius 3 is 0.773 bits per heavy atom. The molecule has 124 valence electrons. The Labute approximate surface area is 181 Å². The smallest absolute Gasteiger partial charge is 0.358 e. The average Bonchev–Trinajstić information content (AvgIpc) is 3.00. The molecule has 2 aromatic rings. The second-order valence-electron chi connectivity index (χ2n) is 2.92. The third kappa shape index (κ3) is 70.9. The van der Waals surface area contributed by atoms with Crippen LogP contribution in [0.2, 0.25) is 0 Å². The fraction of sp³-hybridized carbons (Fsp3) is 0.200. The predicted octanol–water partition coefficient (Wildman–Crippen LogP) is 7.07. The van der Waals surface area contributed by atoms with Gasteiger partial charge in [0.15, 0.2) is 0 Å². The molecule has 0 heterocycles. The number of rotatable bonds is 0. The van der Waals surface area contributed by atoms with Crippen molar-refractivity contribution in [1.29, 1.82) is 0 Å². The SMILES string of the molecule is [CH2-]CC.[CH2-]CC.[CH3-].[CH3-].[CH3-].[CH3-].[Hf+4].[Hf+4].c1cc[cH-]c1.c1cc[cH-]c1. The summed E-state index contributed by atoms with van der Waals surface area (Å²) < 4.78 is 0. The number of hydrogen-bond donors (Lipinski definition) is 0. The van der Waals surface area contributed by atoms with Gasteiger partial charge in [0.25, 0.3) is 0 Å². The zero-order valence-electron chi connectivity index (χ0n) is 15.6. The maximum atomic E-state index is 3.49. The second-order valence-corrected chi connectivity index (χ2v) is 2.92. The molecule has 0 nitrogen and oxygen atoms in total. The Morgan fingerprint density at radius 1 is 0.591 bits per heavy atom. The van der Waals surface area contributed by atoms with Gasteiger partial charge in [0, 0.05) is 0 Å². The van der Waals surface area contributed by atoms with Crippen LogP contribution in [0, 0.1) is 43.6 Å². The van der Waals surface area contributed by atoms with Crippen LogP contribution in [-0.4, -0.2) is 0 Å². The molecule has 0 amide bonds. The van der Waals surface area contributed by atoms with E-state index in [1.54, 1.807) is 0 Å². The van der Waals surface area contributed by atoms with Crippen molar-refractivity contribution in [2.75, 3.05) is 0 Å². The van der Waals surface area contributed by atoms with Crippen molar-refractivity contribution in [3.05, 3.63) is 104 Å². The van der Waals surface area contributed by atoms with Crippen molar-refractivity contribution >= 4 is 0 Å². The molecule has 0 spiro atoms. The van der Waals surface area contributed by atoms with Crippen LogP contribution >= 0.6 is 0 Å². The molecule has 0 aliphatic heterocycles. The zero-order valence-corrected chi connectivity index (χ0v) is 22.8. The van der Waals surface area contributed by atoms with E-state index < -0.39 is 0 Å². The normalized spacial score (nSPS) is 5.27. The summed E-state index contributed by atoms with van der Waals surface area (Å²) in [6, 6.07) is 20.0. The van der Waals surface area contributed by atoms with E-state index in [4.69, 9.17) is 0 Å². The molecule has 2 aromatic carbocycles. The summed E-state index contributed by atoms with van der Waals surface area (Å²) in [5, 5.41) is 0. The Balaban J connectivity index is -0.0000000186. The fourth-order valence-electron chi connectivity index (χ4n) is 0.642. The molecule has 0 fully saturated rings. The van der Waals surface area contributed by atoms with Crippen LogP contribution in [0.25, 0.3) is 0 Å². The van der Waals surface area contributed by atoms with Crippen molar-refractivity contribution < 1.29 is 51.7 Å². The average molecular weight is 633 g/mol. The van der Waals surface area contributed by atoms with E-state index in [1.807, 2.05) is 74.5 Å². The van der Waals surface area contributed by atoms with E-state index in [0.717, 1.165) is 12.8 Å². The van der Waals surface area contributed by atoms with Crippen molar-refractivity contribution in [1.82, 2.24) is 0 Å². The molecular formula is C20H36Hf2. The Morgan fingerprint density at radius 2 is 0.727 bits per heavy atom. The zero-order chi connectivity index (χ0) is 12.5. The van der Waals surface area contributed by atoms with Gasteiger partial charge in [-0.1, -0.05) is 13.8 Å². The number of hydrogen-bond acceptors (Lipinski definition) is 0. The van der Waals surface area contributed by atoms with Crippen molar-refractivity contribution in [3.8, 4) is 0 Å². The molecule has 0 saturated heterocycles. The van der Waals surface area contributed by atoms with Gasteiger partial charge in [0.2, 0.25) is 0 Å². The Bertz CT molecular complexity index is 172. The monoisotopic (exact) mass is 636 g/mol. The van der Waals surface area contributed by atoms with Gasteiger partial charge in [0.05, 0.1) is 0 Å². The molecule has 2 heteroatoms.